The van der Waals surface area contributed by atoms with Crippen LogP contribution in [0, 0.1) is 5.82 Å². The van der Waals surface area contributed by atoms with E-state index in [4.69, 9.17) is 18.9 Å². The summed E-state index contributed by atoms with van der Waals surface area (Å²) in [6, 6.07) is 12.6. The number of hydrazone groups is 1. The number of nitrogens with zero attached hydrogens (tertiary/aromatic N) is 2. The summed E-state index contributed by atoms with van der Waals surface area (Å²) in [4.78, 5) is 50.9. The molecule has 14 heteroatoms. The number of benzene rings is 2. The van der Waals surface area contributed by atoms with Gasteiger partial charge in [-0.05, 0) is 65.3 Å². The van der Waals surface area contributed by atoms with Crippen LogP contribution in [0.3, 0.4) is 0 Å². The van der Waals surface area contributed by atoms with Crippen molar-refractivity contribution in [1.82, 2.24) is 10.7 Å². The molecule has 2 aromatic carbocycles. The summed E-state index contributed by atoms with van der Waals surface area (Å²) >= 11 is 0.863. The van der Waals surface area contributed by atoms with Crippen LogP contribution < -0.4 is 15.6 Å². The molecule has 0 bridgehead atoms. The van der Waals surface area contributed by atoms with Crippen LogP contribution in [0.25, 0.3) is 0 Å². The fraction of sp³-hybridized carbons (Fsp3) is 0.433. The van der Waals surface area contributed by atoms with Crippen molar-refractivity contribution in [1.29, 1.82) is 0 Å². The zero-order chi connectivity index (χ0) is 32.7. The molecule has 1 unspecified atom stereocenters. The van der Waals surface area contributed by atoms with Crippen molar-refractivity contribution in [2.75, 3.05) is 25.1 Å². The van der Waals surface area contributed by atoms with Crippen molar-refractivity contribution in [3.63, 3.8) is 0 Å². The van der Waals surface area contributed by atoms with E-state index in [-0.39, 0.29) is 29.4 Å². The Hall–Kier alpha value is -4.33. The van der Waals surface area contributed by atoms with Gasteiger partial charge in [0, 0.05) is 5.56 Å². The highest BCUT2D eigenvalue weighted by Crippen LogP contribution is 2.35. The molecule has 44 heavy (non-hydrogen) atoms. The Kier molecular flexibility index (Phi) is 11.2. The van der Waals surface area contributed by atoms with Crippen LogP contribution >= 0.6 is 11.8 Å². The second-order valence-electron chi connectivity index (χ2n) is 11.6. The standard InChI is InChI=1S/C30H37FN4O8S/c1-29(2,3)42-26(37)32-16-20-17-35(28(39)41-20)19-13-14-21(22(31)15-19)24(33-34-27(38)43-30(4,5)6)44-23(25(36)40-7)18-11-9-8-10-12-18/h8-15,20,23H,16-17H2,1-7H3,(H,32,37)(H,34,38)/t20-,23?/m0/s1. The van der Waals surface area contributed by atoms with Crippen molar-refractivity contribution in [3.05, 3.63) is 65.5 Å². The fourth-order valence-corrected chi connectivity index (χ4v) is 4.94. The minimum Gasteiger partial charge on any atom is -0.468 e. The quantitative estimate of drug-likeness (QED) is 0.127. The second-order valence-corrected chi connectivity index (χ2v) is 12.7. The van der Waals surface area contributed by atoms with Crippen molar-refractivity contribution < 1.29 is 42.5 Å². The number of cyclic esters (lactones) is 1. The van der Waals surface area contributed by atoms with Gasteiger partial charge in [0.25, 0.3) is 0 Å². The van der Waals surface area contributed by atoms with Crippen LogP contribution in [0.2, 0.25) is 0 Å². The van der Waals surface area contributed by atoms with Crippen LogP contribution in [0.15, 0.2) is 53.6 Å². The zero-order valence-electron chi connectivity index (χ0n) is 25.6. The molecule has 1 saturated heterocycles. The summed E-state index contributed by atoms with van der Waals surface area (Å²) in [5.41, 5.74) is 1.44. The lowest BCUT2D eigenvalue weighted by Crippen LogP contribution is -2.38. The third-order valence-electron chi connectivity index (χ3n) is 5.64. The van der Waals surface area contributed by atoms with Crippen molar-refractivity contribution in [3.8, 4) is 0 Å². The normalized spacial score (nSPS) is 16.1. The number of ether oxygens (including phenoxy) is 4. The Morgan fingerprint density at radius 2 is 1.68 bits per heavy atom. The number of thioether (sulfide) groups is 1. The summed E-state index contributed by atoms with van der Waals surface area (Å²) in [5, 5.41) is 5.64. The number of amides is 3. The van der Waals surface area contributed by atoms with E-state index in [1.54, 1.807) is 71.9 Å². The van der Waals surface area contributed by atoms with Crippen LogP contribution in [-0.2, 0) is 23.7 Å². The van der Waals surface area contributed by atoms with Gasteiger partial charge >= 0.3 is 24.2 Å². The highest BCUT2D eigenvalue weighted by molar-refractivity contribution is 8.15. The number of hydrogen-bond acceptors (Lipinski definition) is 10. The molecule has 0 aliphatic carbocycles. The predicted molar refractivity (Wildman–Crippen MR) is 163 cm³/mol. The molecule has 238 valence electrons. The SMILES string of the molecule is COC(=O)C(SC(=NNC(=O)OC(C)(C)C)c1ccc(N2C[C@H](CNC(=O)OC(C)(C)C)OC2=O)cc1F)c1ccccc1. The zero-order valence-corrected chi connectivity index (χ0v) is 26.5. The molecule has 2 aromatic rings. The Bertz CT molecular complexity index is 1390. The molecule has 0 spiro atoms. The maximum absolute atomic E-state index is 15.7. The summed E-state index contributed by atoms with van der Waals surface area (Å²) in [5.74, 6) is -1.41. The van der Waals surface area contributed by atoms with Crippen LogP contribution in [-0.4, -0.2) is 66.8 Å². The first-order chi connectivity index (χ1) is 20.6. The monoisotopic (exact) mass is 632 g/mol. The van der Waals surface area contributed by atoms with Gasteiger partial charge in [-0.15, -0.1) is 0 Å². The van der Waals surface area contributed by atoms with Crippen LogP contribution in [0.1, 0.15) is 57.9 Å². The topological polar surface area (TPSA) is 145 Å². The molecule has 0 saturated carbocycles. The van der Waals surface area contributed by atoms with E-state index in [1.165, 1.54) is 24.1 Å². The fourth-order valence-electron chi connectivity index (χ4n) is 3.84. The van der Waals surface area contributed by atoms with Crippen molar-refractivity contribution >= 4 is 46.7 Å². The number of esters is 1. The van der Waals surface area contributed by atoms with Gasteiger partial charge in [-0.2, -0.15) is 5.10 Å². The van der Waals surface area contributed by atoms with E-state index < -0.39 is 52.6 Å². The number of carbonyl (C=O) groups is 4. The molecule has 1 fully saturated rings. The average molecular weight is 633 g/mol. The molecule has 1 aliphatic heterocycles. The largest absolute Gasteiger partial charge is 0.468 e. The molecule has 0 aromatic heterocycles. The van der Waals surface area contributed by atoms with Gasteiger partial charge < -0.3 is 24.3 Å². The number of anilines is 1. The smallest absolute Gasteiger partial charge is 0.428 e. The molecule has 0 radical (unpaired) electrons. The predicted octanol–water partition coefficient (Wildman–Crippen LogP) is 5.51. The van der Waals surface area contributed by atoms with Gasteiger partial charge in [0.15, 0.2) is 0 Å². The van der Waals surface area contributed by atoms with E-state index in [0.717, 1.165) is 17.8 Å². The average Bonchev–Trinajstić information content (AvgIpc) is 3.31. The van der Waals surface area contributed by atoms with Gasteiger partial charge in [-0.3, -0.25) is 9.69 Å². The Balaban J connectivity index is 1.85. The first kappa shape index (κ1) is 34.2. The minimum absolute atomic E-state index is 0.00407. The molecule has 3 rings (SSSR count). The molecule has 1 heterocycles. The van der Waals surface area contributed by atoms with Crippen molar-refractivity contribution in [2.24, 2.45) is 5.10 Å². The molecule has 1 aliphatic rings. The van der Waals surface area contributed by atoms with E-state index in [1.807, 2.05) is 0 Å². The lowest BCUT2D eigenvalue weighted by molar-refractivity contribution is -0.140. The lowest BCUT2D eigenvalue weighted by atomic mass is 10.1. The number of hydrogen-bond donors (Lipinski definition) is 2. The molecule has 3 amide bonds. The summed E-state index contributed by atoms with van der Waals surface area (Å²) in [6.45, 7) is 10.2. The van der Waals surface area contributed by atoms with Gasteiger partial charge in [-0.25, -0.2) is 24.2 Å². The van der Waals surface area contributed by atoms with Gasteiger partial charge in [0.2, 0.25) is 0 Å². The summed E-state index contributed by atoms with van der Waals surface area (Å²) in [7, 11) is 1.23. The van der Waals surface area contributed by atoms with E-state index in [0.29, 0.717) is 5.56 Å². The molecular formula is C30H37FN4O8S. The van der Waals surface area contributed by atoms with E-state index in [2.05, 4.69) is 15.8 Å². The molecule has 2 atom stereocenters. The van der Waals surface area contributed by atoms with Crippen LogP contribution in [0.5, 0.6) is 0 Å². The van der Waals surface area contributed by atoms with Gasteiger partial charge in [-0.1, -0.05) is 42.1 Å². The van der Waals surface area contributed by atoms with E-state index in [9.17, 15) is 19.2 Å². The number of carbonyl (C=O) groups excluding carboxylic acids is 4. The third kappa shape index (κ3) is 10.1. The van der Waals surface area contributed by atoms with Crippen molar-refractivity contribution in [2.45, 2.75) is 64.1 Å². The number of methoxy groups -OCH3 is 1. The highest BCUT2D eigenvalue weighted by Gasteiger charge is 2.34. The number of halogens is 1. The Labute approximate surface area is 259 Å². The third-order valence-corrected chi connectivity index (χ3v) is 6.87. The molecule has 12 nitrogen and oxygen atoms in total. The number of nitrogens with one attached hydrogen (secondary N) is 2. The Morgan fingerprint density at radius 3 is 2.27 bits per heavy atom. The Morgan fingerprint density at radius 1 is 1.05 bits per heavy atom. The summed E-state index contributed by atoms with van der Waals surface area (Å²) in [6.07, 6.45) is -2.96. The maximum Gasteiger partial charge on any atom is 0.428 e. The maximum atomic E-state index is 15.7. The number of rotatable bonds is 8. The summed E-state index contributed by atoms with van der Waals surface area (Å²) < 4.78 is 36.4. The first-order valence-electron chi connectivity index (χ1n) is 13.7. The molecular weight excluding hydrogens is 595 g/mol. The van der Waals surface area contributed by atoms with Gasteiger partial charge in [0.1, 0.15) is 33.4 Å². The second kappa shape index (κ2) is 14.4. The van der Waals surface area contributed by atoms with Crippen LogP contribution in [0.4, 0.5) is 24.5 Å². The lowest BCUT2D eigenvalue weighted by Gasteiger charge is -2.20. The minimum atomic E-state index is -0.953. The number of alkyl carbamates (subject to hydrolysis) is 1. The van der Waals surface area contributed by atoms with E-state index >= 15 is 4.39 Å². The first-order valence-corrected chi connectivity index (χ1v) is 14.6. The highest BCUT2D eigenvalue weighted by atomic mass is 32.2. The van der Waals surface area contributed by atoms with Gasteiger partial charge in [0.05, 0.1) is 25.9 Å². The molecule has 2 N–H and O–H groups in total.